The van der Waals surface area contributed by atoms with E-state index in [1.54, 1.807) is 0 Å². The van der Waals surface area contributed by atoms with Crippen LogP contribution in [0.1, 0.15) is 39.5 Å². The molecule has 2 rings (SSSR count). The van der Waals surface area contributed by atoms with Crippen molar-refractivity contribution in [2.75, 3.05) is 5.32 Å². The topological polar surface area (TPSA) is 57.8 Å². The SMILES string of the molecule is CC(C)C1CCCCC1Nc1nc[nH]c(=O)c1Cl. The molecule has 0 spiro atoms. The van der Waals surface area contributed by atoms with Crippen molar-refractivity contribution in [1.82, 2.24) is 9.97 Å². The first-order chi connectivity index (χ1) is 8.59. The summed E-state index contributed by atoms with van der Waals surface area (Å²) in [4.78, 5) is 18.0. The predicted octanol–water partition coefficient (Wildman–Crippen LogP) is 3.05. The highest BCUT2D eigenvalue weighted by atomic mass is 35.5. The maximum absolute atomic E-state index is 11.4. The van der Waals surface area contributed by atoms with E-state index < -0.39 is 0 Å². The van der Waals surface area contributed by atoms with Gasteiger partial charge in [0, 0.05) is 6.04 Å². The normalized spacial score (nSPS) is 24.2. The third-order valence-electron chi connectivity index (χ3n) is 3.79. The van der Waals surface area contributed by atoms with Crippen molar-refractivity contribution in [2.24, 2.45) is 11.8 Å². The Morgan fingerprint density at radius 1 is 1.44 bits per heavy atom. The highest BCUT2D eigenvalue weighted by molar-refractivity contribution is 6.32. The van der Waals surface area contributed by atoms with E-state index in [0.717, 1.165) is 6.42 Å². The molecule has 18 heavy (non-hydrogen) atoms. The van der Waals surface area contributed by atoms with Crippen molar-refractivity contribution < 1.29 is 0 Å². The maximum Gasteiger partial charge on any atom is 0.271 e. The van der Waals surface area contributed by atoms with Gasteiger partial charge in [0.1, 0.15) is 5.02 Å². The maximum atomic E-state index is 11.4. The quantitative estimate of drug-likeness (QED) is 0.887. The van der Waals surface area contributed by atoms with Crippen LogP contribution in [-0.4, -0.2) is 16.0 Å². The van der Waals surface area contributed by atoms with Crippen LogP contribution in [0.2, 0.25) is 5.02 Å². The number of nitrogens with zero attached hydrogens (tertiary/aromatic N) is 1. The third-order valence-corrected chi connectivity index (χ3v) is 4.15. The Kier molecular flexibility index (Phi) is 4.27. The fourth-order valence-electron chi connectivity index (χ4n) is 2.80. The lowest BCUT2D eigenvalue weighted by Gasteiger charge is -2.35. The van der Waals surface area contributed by atoms with E-state index in [1.807, 2.05) is 0 Å². The van der Waals surface area contributed by atoms with Gasteiger partial charge in [0.05, 0.1) is 6.33 Å². The van der Waals surface area contributed by atoms with Crippen LogP contribution < -0.4 is 10.9 Å². The van der Waals surface area contributed by atoms with Gasteiger partial charge in [-0.3, -0.25) is 4.79 Å². The van der Waals surface area contributed by atoms with E-state index in [9.17, 15) is 4.79 Å². The van der Waals surface area contributed by atoms with Crippen molar-refractivity contribution in [1.29, 1.82) is 0 Å². The number of hydrogen-bond donors (Lipinski definition) is 2. The van der Waals surface area contributed by atoms with E-state index in [0.29, 0.717) is 23.7 Å². The van der Waals surface area contributed by atoms with E-state index >= 15 is 0 Å². The molecule has 0 amide bonds. The molecule has 2 N–H and O–H groups in total. The van der Waals surface area contributed by atoms with E-state index in [-0.39, 0.29) is 10.6 Å². The highest BCUT2D eigenvalue weighted by Gasteiger charge is 2.28. The average Bonchev–Trinajstić information content (AvgIpc) is 2.35. The number of H-pyrrole nitrogens is 1. The lowest BCUT2D eigenvalue weighted by Crippen LogP contribution is -2.36. The van der Waals surface area contributed by atoms with Gasteiger partial charge in [0.2, 0.25) is 0 Å². The Hall–Kier alpha value is -1.03. The molecular formula is C13H20ClN3O. The Morgan fingerprint density at radius 3 is 2.89 bits per heavy atom. The first kappa shape index (κ1) is 13.4. The summed E-state index contributed by atoms with van der Waals surface area (Å²) in [5, 5.41) is 3.52. The minimum atomic E-state index is -0.286. The van der Waals surface area contributed by atoms with Crippen molar-refractivity contribution >= 4 is 17.4 Å². The van der Waals surface area contributed by atoms with Crippen LogP contribution in [0.15, 0.2) is 11.1 Å². The summed E-state index contributed by atoms with van der Waals surface area (Å²) in [5.74, 6) is 1.76. The Labute approximate surface area is 112 Å². The predicted molar refractivity (Wildman–Crippen MR) is 74.1 cm³/mol. The first-order valence-electron chi connectivity index (χ1n) is 6.59. The molecule has 0 bridgehead atoms. The molecule has 1 aromatic rings. The molecule has 1 aromatic heterocycles. The smallest absolute Gasteiger partial charge is 0.271 e. The molecule has 1 saturated carbocycles. The molecule has 5 heteroatoms. The van der Waals surface area contributed by atoms with Crippen LogP contribution in [0.5, 0.6) is 0 Å². The summed E-state index contributed by atoms with van der Waals surface area (Å²) >= 11 is 5.97. The Balaban J connectivity index is 2.16. The standard InChI is InChI=1S/C13H20ClN3O/c1-8(2)9-5-3-4-6-10(9)17-12-11(14)13(18)16-7-15-12/h7-10H,3-6H2,1-2H3,(H2,15,16,17,18). The fourth-order valence-corrected chi connectivity index (χ4v) is 2.95. The zero-order chi connectivity index (χ0) is 13.1. The highest BCUT2D eigenvalue weighted by Crippen LogP contribution is 2.32. The molecule has 100 valence electrons. The zero-order valence-electron chi connectivity index (χ0n) is 10.9. The molecule has 2 atom stereocenters. The lowest BCUT2D eigenvalue weighted by molar-refractivity contribution is 0.253. The number of halogens is 1. The summed E-state index contributed by atoms with van der Waals surface area (Å²) in [6.45, 7) is 4.50. The van der Waals surface area contributed by atoms with Crippen LogP contribution in [0.25, 0.3) is 0 Å². The number of aromatic amines is 1. The second-order valence-electron chi connectivity index (χ2n) is 5.34. The molecule has 4 nitrogen and oxygen atoms in total. The molecule has 0 saturated heterocycles. The van der Waals surface area contributed by atoms with E-state index in [4.69, 9.17) is 11.6 Å². The lowest BCUT2D eigenvalue weighted by atomic mass is 9.78. The average molecular weight is 270 g/mol. The minimum Gasteiger partial charge on any atom is -0.366 e. The molecule has 0 radical (unpaired) electrons. The van der Waals surface area contributed by atoms with Gasteiger partial charge in [0.25, 0.3) is 5.56 Å². The first-order valence-corrected chi connectivity index (χ1v) is 6.97. The van der Waals surface area contributed by atoms with Crippen LogP contribution in [-0.2, 0) is 0 Å². The second kappa shape index (κ2) is 5.74. The number of aromatic nitrogens is 2. The number of nitrogens with one attached hydrogen (secondary N) is 2. The molecule has 0 aromatic carbocycles. The monoisotopic (exact) mass is 269 g/mol. The van der Waals surface area contributed by atoms with Crippen molar-refractivity contribution in [3.63, 3.8) is 0 Å². The summed E-state index contributed by atoms with van der Waals surface area (Å²) in [5.41, 5.74) is -0.286. The molecule has 1 aliphatic carbocycles. The van der Waals surface area contributed by atoms with Gasteiger partial charge in [-0.15, -0.1) is 0 Å². The van der Waals surface area contributed by atoms with Gasteiger partial charge < -0.3 is 10.3 Å². The minimum absolute atomic E-state index is 0.158. The van der Waals surface area contributed by atoms with Crippen molar-refractivity contribution in [3.8, 4) is 0 Å². The third kappa shape index (κ3) is 2.86. The van der Waals surface area contributed by atoms with Gasteiger partial charge in [-0.05, 0) is 24.7 Å². The summed E-state index contributed by atoms with van der Waals surface area (Å²) in [6.07, 6.45) is 6.26. The largest absolute Gasteiger partial charge is 0.366 e. The van der Waals surface area contributed by atoms with Gasteiger partial charge in [0.15, 0.2) is 5.82 Å². The fraction of sp³-hybridized carbons (Fsp3) is 0.692. The number of rotatable bonds is 3. The molecule has 2 unspecified atom stereocenters. The molecule has 1 fully saturated rings. The van der Waals surface area contributed by atoms with E-state index in [2.05, 4.69) is 29.1 Å². The van der Waals surface area contributed by atoms with Gasteiger partial charge in [-0.2, -0.15) is 0 Å². The number of hydrogen-bond acceptors (Lipinski definition) is 3. The van der Waals surface area contributed by atoms with Crippen molar-refractivity contribution in [3.05, 3.63) is 21.7 Å². The summed E-state index contributed by atoms with van der Waals surface area (Å²) < 4.78 is 0. The summed E-state index contributed by atoms with van der Waals surface area (Å²) in [7, 11) is 0. The van der Waals surface area contributed by atoms with Gasteiger partial charge >= 0.3 is 0 Å². The van der Waals surface area contributed by atoms with Crippen LogP contribution in [0, 0.1) is 11.8 Å². The van der Waals surface area contributed by atoms with Crippen molar-refractivity contribution in [2.45, 2.75) is 45.6 Å². The molecule has 1 aliphatic rings. The van der Waals surface area contributed by atoms with Gasteiger partial charge in [-0.1, -0.05) is 38.3 Å². The Morgan fingerprint density at radius 2 is 2.17 bits per heavy atom. The summed E-state index contributed by atoms with van der Waals surface area (Å²) in [6, 6.07) is 0.366. The number of anilines is 1. The molecule has 0 aliphatic heterocycles. The zero-order valence-corrected chi connectivity index (χ0v) is 11.6. The molecule has 1 heterocycles. The van der Waals surface area contributed by atoms with Crippen LogP contribution >= 0.6 is 11.6 Å². The van der Waals surface area contributed by atoms with Crippen LogP contribution in [0.4, 0.5) is 5.82 Å². The molecular weight excluding hydrogens is 250 g/mol. The second-order valence-corrected chi connectivity index (χ2v) is 5.72. The van der Waals surface area contributed by atoms with Crippen LogP contribution in [0.3, 0.4) is 0 Å². The van der Waals surface area contributed by atoms with E-state index in [1.165, 1.54) is 25.6 Å². The van der Waals surface area contributed by atoms with Gasteiger partial charge in [-0.25, -0.2) is 4.98 Å². The Bertz CT molecular complexity index is 458.